The fourth-order valence-corrected chi connectivity index (χ4v) is 2.54. The predicted octanol–water partition coefficient (Wildman–Crippen LogP) is 1.89. The molecule has 2 unspecified atom stereocenters. The summed E-state index contributed by atoms with van der Waals surface area (Å²) in [5.74, 6) is 0.659. The monoisotopic (exact) mass is 319 g/mol. The van der Waals surface area contributed by atoms with Crippen LogP contribution in [0.4, 0.5) is 4.79 Å². The average molecular weight is 319 g/mol. The molecule has 2 aromatic rings. The minimum Gasteiger partial charge on any atom is -0.394 e. The fraction of sp³-hybridized carbons (Fsp3) is 0.562. The van der Waals surface area contributed by atoms with Crippen LogP contribution in [0.2, 0.25) is 0 Å². The Morgan fingerprint density at radius 3 is 2.70 bits per heavy atom. The van der Waals surface area contributed by atoms with Gasteiger partial charge in [0.15, 0.2) is 11.5 Å². The third kappa shape index (κ3) is 4.66. The number of aliphatic hydroxyl groups is 1. The summed E-state index contributed by atoms with van der Waals surface area (Å²) < 4.78 is 1.84. The minimum absolute atomic E-state index is 0.0233. The first kappa shape index (κ1) is 17.2. The summed E-state index contributed by atoms with van der Waals surface area (Å²) in [6.07, 6.45) is 2.55. The molecule has 2 aromatic heterocycles. The molecule has 0 bridgehead atoms. The summed E-state index contributed by atoms with van der Waals surface area (Å²) in [5.41, 5.74) is 0.757. The molecular weight excluding hydrogens is 294 g/mol. The molecule has 2 atom stereocenters. The molecule has 0 fully saturated rings. The van der Waals surface area contributed by atoms with Crippen LogP contribution in [0.3, 0.4) is 0 Å². The molecule has 0 aliphatic carbocycles. The lowest BCUT2D eigenvalue weighted by atomic mass is 9.88. The fourth-order valence-electron chi connectivity index (χ4n) is 2.54. The van der Waals surface area contributed by atoms with Gasteiger partial charge in [-0.2, -0.15) is 0 Å². The van der Waals surface area contributed by atoms with Crippen molar-refractivity contribution in [3.8, 4) is 0 Å². The first-order valence-corrected chi connectivity index (χ1v) is 7.78. The summed E-state index contributed by atoms with van der Waals surface area (Å²) in [5, 5.41) is 23.3. The van der Waals surface area contributed by atoms with Crippen LogP contribution < -0.4 is 10.6 Å². The Morgan fingerprint density at radius 1 is 1.30 bits per heavy atom. The number of rotatable bonds is 5. The van der Waals surface area contributed by atoms with Crippen LogP contribution in [0, 0.1) is 5.41 Å². The average Bonchev–Trinajstić information content (AvgIpc) is 2.88. The summed E-state index contributed by atoms with van der Waals surface area (Å²) in [6.45, 7) is 7.97. The maximum Gasteiger partial charge on any atom is 0.315 e. The van der Waals surface area contributed by atoms with Crippen LogP contribution in [0.5, 0.6) is 0 Å². The van der Waals surface area contributed by atoms with E-state index in [0.29, 0.717) is 12.2 Å². The second kappa shape index (κ2) is 6.95. The Morgan fingerprint density at radius 2 is 2.04 bits per heavy atom. The number of hydrogen-bond acceptors (Lipinski definition) is 4. The van der Waals surface area contributed by atoms with E-state index >= 15 is 0 Å². The van der Waals surface area contributed by atoms with Crippen molar-refractivity contribution in [1.29, 1.82) is 0 Å². The largest absolute Gasteiger partial charge is 0.394 e. The van der Waals surface area contributed by atoms with Crippen LogP contribution in [0.1, 0.15) is 46.0 Å². The molecule has 126 valence electrons. The molecule has 3 N–H and O–H groups in total. The molecule has 0 spiro atoms. The van der Waals surface area contributed by atoms with E-state index in [-0.39, 0.29) is 30.1 Å². The van der Waals surface area contributed by atoms with Gasteiger partial charge in [0.05, 0.1) is 18.7 Å². The van der Waals surface area contributed by atoms with Crippen molar-refractivity contribution < 1.29 is 9.90 Å². The van der Waals surface area contributed by atoms with Gasteiger partial charge in [-0.15, -0.1) is 10.2 Å². The molecule has 0 aromatic carbocycles. The van der Waals surface area contributed by atoms with Crippen molar-refractivity contribution in [2.24, 2.45) is 5.41 Å². The Labute approximate surface area is 136 Å². The van der Waals surface area contributed by atoms with E-state index in [9.17, 15) is 9.90 Å². The second-order valence-electron chi connectivity index (χ2n) is 6.97. The second-order valence-corrected chi connectivity index (χ2v) is 6.97. The van der Waals surface area contributed by atoms with Crippen LogP contribution in [0.25, 0.3) is 5.65 Å². The lowest BCUT2D eigenvalue weighted by Gasteiger charge is -2.26. The Balaban J connectivity index is 1.99. The third-order valence-electron chi connectivity index (χ3n) is 3.49. The number of carbonyl (C=O) groups is 1. The standard InChI is InChI=1S/C16H25N5O2/c1-11(14-20-19-13-7-5-6-8-21(13)14)17-15(23)18-12(10-22)9-16(2,3)4/h5-8,11-12,22H,9-10H2,1-4H3,(H2,17,18,23). The van der Waals surface area contributed by atoms with Crippen LogP contribution >= 0.6 is 0 Å². The van der Waals surface area contributed by atoms with Gasteiger partial charge in [-0.05, 0) is 30.9 Å². The van der Waals surface area contributed by atoms with E-state index < -0.39 is 0 Å². The number of fused-ring (bicyclic) bond motifs is 1. The molecule has 2 heterocycles. The van der Waals surface area contributed by atoms with Gasteiger partial charge in [0.2, 0.25) is 0 Å². The number of nitrogens with one attached hydrogen (secondary N) is 2. The van der Waals surface area contributed by atoms with E-state index in [1.54, 1.807) is 0 Å². The number of aromatic nitrogens is 3. The number of carbonyl (C=O) groups excluding carboxylic acids is 1. The number of aliphatic hydroxyl groups excluding tert-OH is 1. The molecule has 23 heavy (non-hydrogen) atoms. The van der Waals surface area contributed by atoms with Crippen molar-refractivity contribution in [2.75, 3.05) is 6.61 Å². The molecule has 7 heteroatoms. The lowest BCUT2D eigenvalue weighted by molar-refractivity contribution is 0.189. The minimum atomic E-state index is -0.325. The Bertz CT molecular complexity index is 662. The van der Waals surface area contributed by atoms with Crippen LogP contribution in [-0.2, 0) is 0 Å². The SMILES string of the molecule is CC(NC(=O)NC(CO)CC(C)(C)C)c1nnc2ccccn12. The van der Waals surface area contributed by atoms with Gasteiger partial charge in [0.1, 0.15) is 0 Å². The quantitative estimate of drug-likeness (QED) is 0.785. The molecule has 0 saturated heterocycles. The highest BCUT2D eigenvalue weighted by atomic mass is 16.3. The van der Waals surface area contributed by atoms with Gasteiger partial charge in [-0.1, -0.05) is 26.8 Å². The van der Waals surface area contributed by atoms with E-state index in [1.165, 1.54) is 0 Å². The summed E-state index contributed by atoms with van der Waals surface area (Å²) in [4.78, 5) is 12.1. The first-order valence-electron chi connectivity index (χ1n) is 7.78. The molecule has 0 saturated carbocycles. The van der Waals surface area contributed by atoms with Gasteiger partial charge >= 0.3 is 6.03 Å². The smallest absolute Gasteiger partial charge is 0.315 e. The molecule has 0 aliphatic rings. The number of pyridine rings is 1. The zero-order chi connectivity index (χ0) is 17.0. The molecule has 2 amide bonds. The molecule has 7 nitrogen and oxygen atoms in total. The summed E-state index contributed by atoms with van der Waals surface area (Å²) in [6, 6.07) is 4.72. The zero-order valence-corrected chi connectivity index (χ0v) is 14.1. The molecule has 2 rings (SSSR count). The summed E-state index contributed by atoms with van der Waals surface area (Å²) in [7, 11) is 0. The molecular formula is C16H25N5O2. The highest BCUT2D eigenvalue weighted by Gasteiger charge is 2.21. The third-order valence-corrected chi connectivity index (χ3v) is 3.49. The van der Waals surface area contributed by atoms with Crippen molar-refractivity contribution in [1.82, 2.24) is 25.2 Å². The van der Waals surface area contributed by atoms with Crippen LogP contribution in [-0.4, -0.2) is 38.4 Å². The number of amides is 2. The highest BCUT2D eigenvalue weighted by molar-refractivity contribution is 5.74. The zero-order valence-electron chi connectivity index (χ0n) is 14.1. The van der Waals surface area contributed by atoms with Gasteiger partial charge in [-0.25, -0.2) is 4.79 Å². The van der Waals surface area contributed by atoms with E-state index in [2.05, 4.69) is 41.6 Å². The molecule has 0 radical (unpaired) electrons. The number of hydrogen-bond donors (Lipinski definition) is 3. The van der Waals surface area contributed by atoms with Crippen molar-refractivity contribution >= 4 is 11.7 Å². The van der Waals surface area contributed by atoms with Crippen molar-refractivity contribution in [3.05, 3.63) is 30.2 Å². The normalized spacial score (nSPS) is 14.5. The van der Waals surface area contributed by atoms with Crippen molar-refractivity contribution in [3.63, 3.8) is 0 Å². The Hall–Kier alpha value is -2.15. The van der Waals surface area contributed by atoms with E-state index in [4.69, 9.17) is 0 Å². The summed E-state index contributed by atoms with van der Waals surface area (Å²) >= 11 is 0. The van der Waals surface area contributed by atoms with Gasteiger partial charge < -0.3 is 15.7 Å². The van der Waals surface area contributed by atoms with Gasteiger partial charge in [-0.3, -0.25) is 4.40 Å². The van der Waals surface area contributed by atoms with Crippen LogP contribution in [0.15, 0.2) is 24.4 Å². The lowest BCUT2D eigenvalue weighted by Crippen LogP contribution is -2.46. The van der Waals surface area contributed by atoms with E-state index in [0.717, 1.165) is 5.65 Å². The predicted molar refractivity (Wildman–Crippen MR) is 88.0 cm³/mol. The Kier molecular flexibility index (Phi) is 5.20. The van der Waals surface area contributed by atoms with Gasteiger partial charge in [0.25, 0.3) is 0 Å². The van der Waals surface area contributed by atoms with Gasteiger partial charge in [0, 0.05) is 6.20 Å². The first-order chi connectivity index (χ1) is 10.8. The maximum absolute atomic E-state index is 12.1. The van der Waals surface area contributed by atoms with Crippen molar-refractivity contribution in [2.45, 2.75) is 46.2 Å². The number of urea groups is 1. The maximum atomic E-state index is 12.1. The topological polar surface area (TPSA) is 91.5 Å². The van der Waals surface area contributed by atoms with E-state index in [1.807, 2.05) is 35.7 Å². The number of nitrogens with zero attached hydrogens (tertiary/aromatic N) is 3. The molecule has 0 aliphatic heterocycles. The highest BCUT2D eigenvalue weighted by Crippen LogP contribution is 2.20.